The molecule has 0 fully saturated rings. The molecule has 0 N–H and O–H groups in total. The summed E-state index contributed by atoms with van der Waals surface area (Å²) in [5.74, 6) is 0.0362. The van der Waals surface area contributed by atoms with Gasteiger partial charge in [-0.2, -0.15) is 4.80 Å². The van der Waals surface area contributed by atoms with E-state index in [1.54, 1.807) is 6.07 Å². The van der Waals surface area contributed by atoms with Crippen LogP contribution in [0.25, 0.3) is 17.1 Å². The molecule has 0 bridgehead atoms. The molecule has 2 aromatic carbocycles. The summed E-state index contributed by atoms with van der Waals surface area (Å²) in [6.07, 6.45) is 0. The van der Waals surface area contributed by atoms with Crippen LogP contribution in [-0.2, 0) is 6.54 Å². The Kier molecular flexibility index (Phi) is 4.80. The van der Waals surface area contributed by atoms with E-state index < -0.39 is 0 Å². The minimum atomic E-state index is -0.321. The monoisotopic (exact) mass is 389 g/mol. The van der Waals surface area contributed by atoms with Gasteiger partial charge < -0.3 is 4.57 Å². The molecule has 0 aliphatic carbocycles. The van der Waals surface area contributed by atoms with E-state index in [0.29, 0.717) is 17.1 Å². The molecule has 7 heteroatoms. The molecule has 0 saturated carbocycles. The summed E-state index contributed by atoms with van der Waals surface area (Å²) in [5, 5.41) is 12.5. The van der Waals surface area contributed by atoms with Crippen LogP contribution in [0.4, 0.5) is 4.39 Å². The smallest absolute Gasteiger partial charge is 0.205 e. The lowest BCUT2D eigenvalue weighted by Gasteiger charge is -2.09. The molecular formula is C22H20FN5O. The highest BCUT2D eigenvalue weighted by molar-refractivity contribution is 5.97. The molecule has 29 heavy (non-hydrogen) atoms. The van der Waals surface area contributed by atoms with Crippen LogP contribution in [0.3, 0.4) is 0 Å². The van der Waals surface area contributed by atoms with Crippen molar-refractivity contribution < 1.29 is 9.18 Å². The number of benzene rings is 2. The van der Waals surface area contributed by atoms with Crippen molar-refractivity contribution >= 4 is 5.78 Å². The standard InChI is InChI=1S/C22H20FN5O/c1-14-7-4-5-10-19(14)22-24-26-27(25-22)13-21(29)20-11-15(2)28(16(20)3)18-9-6-8-17(23)12-18/h4-12H,13H2,1-3H3. The van der Waals surface area contributed by atoms with Crippen LogP contribution in [0.5, 0.6) is 0 Å². The second kappa shape index (κ2) is 7.43. The maximum atomic E-state index is 13.6. The number of carbonyl (C=O) groups is 1. The number of nitrogens with zero attached hydrogens (tertiary/aromatic N) is 5. The number of tetrazole rings is 1. The third kappa shape index (κ3) is 3.59. The molecule has 2 heterocycles. The van der Waals surface area contributed by atoms with Gasteiger partial charge in [0, 0.05) is 28.2 Å². The number of halogens is 1. The summed E-state index contributed by atoms with van der Waals surface area (Å²) in [5.41, 5.74) is 4.76. The lowest BCUT2D eigenvalue weighted by Crippen LogP contribution is -2.14. The van der Waals surface area contributed by atoms with Crippen molar-refractivity contribution in [2.45, 2.75) is 27.3 Å². The number of aromatic nitrogens is 5. The first-order chi connectivity index (χ1) is 13.9. The number of rotatable bonds is 5. The normalized spacial score (nSPS) is 11.0. The largest absolute Gasteiger partial charge is 0.318 e. The van der Waals surface area contributed by atoms with Crippen LogP contribution in [-0.4, -0.2) is 30.6 Å². The zero-order valence-corrected chi connectivity index (χ0v) is 16.4. The van der Waals surface area contributed by atoms with Crippen molar-refractivity contribution in [2.75, 3.05) is 0 Å². The maximum absolute atomic E-state index is 13.6. The Labute approximate surface area is 167 Å². The summed E-state index contributed by atoms with van der Waals surface area (Å²) in [4.78, 5) is 14.2. The van der Waals surface area contributed by atoms with Gasteiger partial charge in [0.15, 0.2) is 5.78 Å². The first-order valence-corrected chi connectivity index (χ1v) is 9.26. The summed E-state index contributed by atoms with van der Waals surface area (Å²) in [6, 6.07) is 15.9. The predicted octanol–water partition coefficient (Wildman–Crippen LogP) is 4.08. The molecule has 0 aliphatic heterocycles. The summed E-state index contributed by atoms with van der Waals surface area (Å²) < 4.78 is 15.5. The van der Waals surface area contributed by atoms with E-state index in [0.717, 1.165) is 22.5 Å². The maximum Gasteiger partial charge on any atom is 0.205 e. The fourth-order valence-electron chi connectivity index (χ4n) is 3.51. The Hall–Kier alpha value is -3.61. The Morgan fingerprint density at radius 3 is 2.59 bits per heavy atom. The highest BCUT2D eigenvalue weighted by Crippen LogP contribution is 2.22. The van der Waals surface area contributed by atoms with E-state index in [1.807, 2.05) is 61.7 Å². The fourth-order valence-corrected chi connectivity index (χ4v) is 3.51. The first-order valence-electron chi connectivity index (χ1n) is 9.26. The van der Waals surface area contributed by atoms with E-state index in [1.165, 1.54) is 16.9 Å². The number of ketones is 1. The zero-order chi connectivity index (χ0) is 20.5. The van der Waals surface area contributed by atoms with Crippen LogP contribution in [0.1, 0.15) is 27.3 Å². The van der Waals surface area contributed by atoms with Crippen molar-refractivity contribution in [1.29, 1.82) is 0 Å². The molecule has 0 unspecified atom stereocenters. The van der Waals surface area contributed by atoms with Gasteiger partial charge >= 0.3 is 0 Å². The van der Waals surface area contributed by atoms with Crippen LogP contribution >= 0.6 is 0 Å². The predicted molar refractivity (Wildman–Crippen MR) is 108 cm³/mol. The fraction of sp³-hybridized carbons (Fsp3) is 0.182. The van der Waals surface area contributed by atoms with E-state index in [2.05, 4.69) is 15.4 Å². The molecule has 0 amide bonds. The third-order valence-electron chi connectivity index (χ3n) is 4.92. The van der Waals surface area contributed by atoms with Crippen molar-refractivity contribution in [3.8, 4) is 17.1 Å². The minimum absolute atomic E-state index is 0.0215. The minimum Gasteiger partial charge on any atom is -0.318 e. The van der Waals surface area contributed by atoms with Crippen LogP contribution in [0.15, 0.2) is 54.6 Å². The third-order valence-corrected chi connectivity index (χ3v) is 4.92. The first kappa shape index (κ1) is 18.7. The molecule has 0 atom stereocenters. The van der Waals surface area contributed by atoms with Gasteiger partial charge in [0.2, 0.25) is 5.82 Å². The number of Topliss-reactive ketones (excluding diaryl/α,β-unsaturated/α-hetero) is 1. The van der Waals surface area contributed by atoms with Gasteiger partial charge in [-0.1, -0.05) is 30.3 Å². The van der Waals surface area contributed by atoms with Gasteiger partial charge in [-0.25, -0.2) is 4.39 Å². The highest BCUT2D eigenvalue weighted by atomic mass is 19.1. The Balaban J connectivity index is 1.60. The molecule has 0 spiro atoms. The van der Waals surface area contributed by atoms with E-state index >= 15 is 0 Å². The molecular weight excluding hydrogens is 369 g/mol. The molecule has 0 saturated heterocycles. The molecule has 6 nitrogen and oxygen atoms in total. The summed E-state index contributed by atoms with van der Waals surface area (Å²) in [6.45, 7) is 5.69. The van der Waals surface area contributed by atoms with Gasteiger partial charge in [0.25, 0.3) is 0 Å². The number of aryl methyl sites for hydroxylation is 2. The SMILES string of the molecule is Cc1ccccc1-c1nnn(CC(=O)c2cc(C)n(-c3cccc(F)c3)c2C)n1. The molecule has 2 aromatic heterocycles. The van der Waals surface area contributed by atoms with Crippen molar-refractivity contribution in [1.82, 2.24) is 24.8 Å². The average molecular weight is 389 g/mol. The van der Waals surface area contributed by atoms with Crippen LogP contribution in [0.2, 0.25) is 0 Å². The Morgan fingerprint density at radius 2 is 1.83 bits per heavy atom. The molecule has 0 aliphatic rings. The van der Waals surface area contributed by atoms with E-state index in [-0.39, 0.29) is 18.1 Å². The number of hydrogen-bond acceptors (Lipinski definition) is 4. The highest BCUT2D eigenvalue weighted by Gasteiger charge is 2.19. The zero-order valence-electron chi connectivity index (χ0n) is 16.4. The average Bonchev–Trinajstić information content (AvgIpc) is 3.26. The topological polar surface area (TPSA) is 65.6 Å². The van der Waals surface area contributed by atoms with Gasteiger partial charge in [0.05, 0.1) is 0 Å². The van der Waals surface area contributed by atoms with Crippen LogP contribution in [0, 0.1) is 26.6 Å². The molecule has 146 valence electrons. The van der Waals surface area contributed by atoms with Gasteiger partial charge in [-0.05, 0) is 55.8 Å². The quantitative estimate of drug-likeness (QED) is 0.483. The molecule has 4 rings (SSSR count). The lowest BCUT2D eigenvalue weighted by molar-refractivity contribution is 0.0961. The molecule has 0 radical (unpaired) electrons. The van der Waals surface area contributed by atoms with Gasteiger partial charge in [-0.15, -0.1) is 10.2 Å². The Bertz CT molecular complexity index is 1210. The van der Waals surface area contributed by atoms with Crippen molar-refractivity contribution in [2.24, 2.45) is 0 Å². The van der Waals surface area contributed by atoms with Gasteiger partial charge in [-0.3, -0.25) is 4.79 Å². The summed E-state index contributed by atoms with van der Waals surface area (Å²) in [7, 11) is 0. The van der Waals surface area contributed by atoms with Crippen molar-refractivity contribution in [3.05, 3.63) is 82.9 Å². The summed E-state index contributed by atoms with van der Waals surface area (Å²) >= 11 is 0. The Morgan fingerprint density at radius 1 is 1.03 bits per heavy atom. The number of hydrogen-bond donors (Lipinski definition) is 0. The lowest BCUT2D eigenvalue weighted by atomic mass is 10.1. The molecule has 4 aromatic rings. The van der Waals surface area contributed by atoms with E-state index in [9.17, 15) is 9.18 Å². The second-order valence-corrected chi connectivity index (χ2v) is 6.98. The van der Waals surface area contributed by atoms with E-state index in [4.69, 9.17) is 0 Å². The van der Waals surface area contributed by atoms with Crippen LogP contribution < -0.4 is 0 Å². The second-order valence-electron chi connectivity index (χ2n) is 6.98. The van der Waals surface area contributed by atoms with Gasteiger partial charge in [0.1, 0.15) is 12.4 Å². The number of carbonyl (C=O) groups excluding carboxylic acids is 1. The van der Waals surface area contributed by atoms with Crippen molar-refractivity contribution in [3.63, 3.8) is 0 Å².